The van der Waals surface area contributed by atoms with E-state index in [0.29, 0.717) is 12.1 Å². The van der Waals surface area contributed by atoms with Crippen molar-refractivity contribution in [3.63, 3.8) is 0 Å². The lowest BCUT2D eigenvalue weighted by molar-refractivity contribution is 0.508. The predicted octanol–water partition coefficient (Wildman–Crippen LogP) is 3.90. The van der Waals surface area contributed by atoms with Crippen molar-refractivity contribution in [2.75, 3.05) is 0 Å². The molecule has 1 nitrogen and oxygen atoms in total. The van der Waals surface area contributed by atoms with Crippen LogP contribution in [0.5, 0.6) is 0 Å². The van der Waals surface area contributed by atoms with Gasteiger partial charge < -0.3 is 5.32 Å². The number of benzene rings is 2. The van der Waals surface area contributed by atoms with Crippen molar-refractivity contribution < 1.29 is 0 Å². The molecule has 0 aliphatic carbocycles. The minimum atomic E-state index is 0.395. The zero-order valence-electron chi connectivity index (χ0n) is 10.2. The fourth-order valence-electron chi connectivity index (χ4n) is 2.22. The molecule has 0 amide bonds. The van der Waals surface area contributed by atoms with E-state index in [2.05, 4.69) is 68.6 Å². The molecule has 0 radical (unpaired) electrons. The second-order valence-corrected chi connectivity index (χ2v) is 4.61. The van der Waals surface area contributed by atoms with Gasteiger partial charge in [0.15, 0.2) is 0 Å². The first-order valence-electron chi connectivity index (χ1n) is 5.92. The molecule has 0 heterocycles. The fourth-order valence-corrected chi connectivity index (χ4v) is 2.22. The summed E-state index contributed by atoms with van der Waals surface area (Å²) in [6.45, 7) is 6.59. The zero-order valence-corrected chi connectivity index (χ0v) is 10.2. The van der Waals surface area contributed by atoms with Crippen LogP contribution in [0, 0.1) is 0 Å². The van der Waals surface area contributed by atoms with E-state index in [1.54, 1.807) is 0 Å². The Bertz CT molecular complexity index is 468. The van der Waals surface area contributed by atoms with Crippen molar-refractivity contribution in [3.05, 3.63) is 48.0 Å². The van der Waals surface area contributed by atoms with E-state index in [9.17, 15) is 0 Å². The first kappa shape index (κ1) is 11.2. The number of hydrogen-bond donors (Lipinski definition) is 1. The van der Waals surface area contributed by atoms with Gasteiger partial charge in [-0.15, -0.1) is 0 Å². The molecule has 16 heavy (non-hydrogen) atoms. The molecule has 0 bridgehead atoms. The molecule has 0 saturated carbocycles. The van der Waals surface area contributed by atoms with Crippen LogP contribution in [-0.2, 0) is 0 Å². The van der Waals surface area contributed by atoms with Crippen molar-refractivity contribution in [1.82, 2.24) is 5.32 Å². The zero-order chi connectivity index (χ0) is 11.5. The lowest BCUT2D eigenvalue weighted by Crippen LogP contribution is -2.26. The summed E-state index contributed by atoms with van der Waals surface area (Å²) in [7, 11) is 0. The summed E-state index contributed by atoms with van der Waals surface area (Å²) in [6, 6.07) is 16.0. The fraction of sp³-hybridized carbons (Fsp3) is 0.333. The van der Waals surface area contributed by atoms with Gasteiger partial charge >= 0.3 is 0 Å². The van der Waals surface area contributed by atoms with Crippen molar-refractivity contribution in [2.45, 2.75) is 32.9 Å². The predicted molar refractivity (Wildman–Crippen MR) is 70.6 cm³/mol. The molecule has 84 valence electrons. The van der Waals surface area contributed by atoms with Gasteiger partial charge in [0.25, 0.3) is 0 Å². The average molecular weight is 213 g/mol. The van der Waals surface area contributed by atoms with Gasteiger partial charge in [0.1, 0.15) is 0 Å². The molecule has 2 rings (SSSR count). The van der Waals surface area contributed by atoms with E-state index >= 15 is 0 Å². The Labute approximate surface area is 97.5 Å². The van der Waals surface area contributed by atoms with Gasteiger partial charge in [-0.3, -0.25) is 0 Å². The smallest absolute Gasteiger partial charge is 0.0300 e. The summed E-state index contributed by atoms with van der Waals surface area (Å²) in [5.41, 5.74) is 1.38. The molecule has 2 aromatic carbocycles. The maximum Gasteiger partial charge on any atom is 0.0300 e. The molecule has 0 aliphatic heterocycles. The summed E-state index contributed by atoms with van der Waals surface area (Å²) in [5, 5.41) is 6.22. The Morgan fingerprint density at radius 3 is 2.31 bits per heavy atom. The Morgan fingerprint density at radius 2 is 1.56 bits per heavy atom. The van der Waals surface area contributed by atoms with E-state index in [1.807, 2.05) is 0 Å². The van der Waals surface area contributed by atoms with Gasteiger partial charge in [-0.2, -0.15) is 0 Å². The van der Waals surface area contributed by atoms with Crippen LogP contribution >= 0.6 is 0 Å². The molecule has 0 fully saturated rings. The summed E-state index contributed by atoms with van der Waals surface area (Å²) in [4.78, 5) is 0. The van der Waals surface area contributed by atoms with Gasteiger partial charge in [-0.1, -0.05) is 56.3 Å². The highest BCUT2D eigenvalue weighted by atomic mass is 14.9. The summed E-state index contributed by atoms with van der Waals surface area (Å²) in [5.74, 6) is 0. The highest BCUT2D eigenvalue weighted by molar-refractivity contribution is 5.86. The minimum absolute atomic E-state index is 0.395. The maximum atomic E-state index is 3.55. The standard InChI is InChI=1S/C15H19N/c1-11(2)16-12(3)14-10-6-8-13-7-4-5-9-15(13)14/h4-12,16H,1-3H3. The number of nitrogens with one attached hydrogen (secondary N) is 1. The second-order valence-electron chi connectivity index (χ2n) is 4.61. The summed E-state index contributed by atoms with van der Waals surface area (Å²) >= 11 is 0. The van der Waals surface area contributed by atoms with Crippen LogP contribution in [0.25, 0.3) is 10.8 Å². The van der Waals surface area contributed by atoms with E-state index in [0.717, 1.165) is 0 Å². The summed E-state index contributed by atoms with van der Waals surface area (Å²) in [6.07, 6.45) is 0. The largest absolute Gasteiger partial charge is 0.308 e. The van der Waals surface area contributed by atoms with E-state index < -0.39 is 0 Å². The van der Waals surface area contributed by atoms with Gasteiger partial charge in [0.05, 0.1) is 0 Å². The number of rotatable bonds is 3. The highest BCUT2D eigenvalue weighted by Gasteiger charge is 2.09. The Morgan fingerprint density at radius 1 is 0.875 bits per heavy atom. The molecule has 1 atom stereocenters. The van der Waals surface area contributed by atoms with Gasteiger partial charge in [0.2, 0.25) is 0 Å². The highest BCUT2D eigenvalue weighted by Crippen LogP contribution is 2.24. The summed E-state index contributed by atoms with van der Waals surface area (Å²) < 4.78 is 0. The minimum Gasteiger partial charge on any atom is -0.308 e. The van der Waals surface area contributed by atoms with Crippen LogP contribution in [0.2, 0.25) is 0 Å². The molecular weight excluding hydrogens is 194 g/mol. The first-order chi connectivity index (χ1) is 7.68. The Balaban J connectivity index is 2.44. The van der Waals surface area contributed by atoms with E-state index in [-0.39, 0.29) is 0 Å². The maximum absolute atomic E-state index is 3.55. The third-order valence-corrected chi connectivity index (χ3v) is 2.87. The first-order valence-corrected chi connectivity index (χ1v) is 5.92. The van der Waals surface area contributed by atoms with Crippen LogP contribution in [0.3, 0.4) is 0 Å². The van der Waals surface area contributed by atoms with Crippen molar-refractivity contribution in [2.24, 2.45) is 0 Å². The van der Waals surface area contributed by atoms with Crippen molar-refractivity contribution in [3.8, 4) is 0 Å². The lowest BCUT2D eigenvalue weighted by atomic mass is 9.99. The van der Waals surface area contributed by atoms with Crippen molar-refractivity contribution in [1.29, 1.82) is 0 Å². The lowest BCUT2D eigenvalue weighted by Gasteiger charge is -2.19. The molecule has 1 N–H and O–H groups in total. The quantitative estimate of drug-likeness (QED) is 0.815. The van der Waals surface area contributed by atoms with Gasteiger partial charge in [-0.05, 0) is 23.3 Å². The monoisotopic (exact) mass is 213 g/mol. The second kappa shape index (κ2) is 4.67. The molecule has 0 spiro atoms. The molecule has 1 heteroatoms. The topological polar surface area (TPSA) is 12.0 Å². The van der Waals surface area contributed by atoms with Crippen LogP contribution in [0.1, 0.15) is 32.4 Å². The van der Waals surface area contributed by atoms with E-state index in [4.69, 9.17) is 0 Å². The molecule has 2 aromatic rings. The number of fused-ring (bicyclic) bond motifs is 1. The van der Waals surface area contributed by atoms with Crippen LogP contribution in [0.4, 0.5) is 0 Å². The molecule has 0 aromatic heterocycles. The van der Waals surface area contributed by atoms with Gasteiger partial charge in [-0.25, -0.2) is 0 Å². The van der Waals surface area contributed by atoms with Gasteiger partial charge in [0, 0.05) is 12.1 Å². The number of hydrogen-bond acceptors (Lipinski definition) is 1. The molecular formula is C15H19N. The van der Waals surface area contributed by atoms with Crippen molar-refractivity contribution >= 4 is 10.8 Å². The normalized spacial score (nSPS) is 13.2. The Kier molecular flexibility index (Phi) is 3.25. The van der Waals surface area contributed by atoms with Crippen LogP contribution < -0.4 is 5.32 Å². The Hall–Kier alpha value is -1.34. The van der Waals surface area contributed by atoms with Crippen LogP contribution in [0.15, 0.2) is 42.5 Å². The van der Waals surface area contributed by atoms with E-state index in [1.165, 1.54) is 16.3 Å². The molecule has 1 unspecified atom stereocenters. The third-order valence-electron chi connectivity index (χ3n) is 2.87. The van der Waals surface area contributed by atoms with Crippen LogP contribution in [-0.4, -0.2) is 6.04 Å². The molecule has 0 saturated heterocycles. The average Bonchev–Trinajstić information content (AvgIpc) is 2.27. The SMILES string of the molecule is CC(C)NC(C)c1cccc2ccccc12. The third kappa shape index (κ3) is 2.25. The molecule has 0 aliphatic rings.